The molecule has 0 unspecified atom stereocenters. The summed E-state index contributed by atoms with van der Waals surface area (Å²) in [7, 11) is 0. The number of carbonyl (C=O) groups excluding carboxylic acids is 2. The molecular weight excluding hydrogens is 586 g/mol. The van der Waals surface area contributed by atoms with Crippen molar-refractivity contribution in [2.75, 3.05) is 19.6 Å². The number of aldehydes is 1. The SMILES string of the molecule is CC1(O)CC[NH+](CC[C@@H](CC(=O)C2=Cc3cc4c(nc3C2)CC[C@H](C(C)(C)C)C4)c2ccc(-c3ccc(=O)[nH]c3)cc2)CC1.CC=O. The predicted octanol–water partition coefficient (Wildman–Crippen LogP) is 5.30. The number of nitrogens with zero attached hydrogens (tertiary/aromatic N) is 1. The van der Waals surface area contributed by atoms with Gasteiger partial charge < -0.3 is 19.8 Å². The van der Waals surface area contributed by atoms with Gasteiger partial charge in [0.15, 0.2) is 5.78 Å². The number of aromatic nitrogens is 2. The van der Waals surface area contributed by atoms with Crippen LogP contribution in [0.3, 0.4) is 0 Å². The molecule has 2 aliphatic carbocycles. The minimum Gasteiger partial charge on any atom is -0.390 e. The van der Waals surface area contributed by atoms with E-state index in [2.05, 4.69) is 62.2 Å². The second-order valence-corrected chi connectivity index (χ2v) is 15.2. The van der Waals surface area contributed by atoms with Crippen molar-refractivity contribution in [1.29, 1.82) is 0 Å². The van der Waals surface area contributed by atoms with Gasteiger partial charge in [0, 0.05) is 55.6 Å². The highest BCUT2D eigenvalue weighted by molar-refractivity contribution is 6.02. The number of H-pyrrole nitrogens is 1. The van der Waals surface area contributed by atoms with Gasteiger partial charge in [-0.3, -0.25) is 14.6 Å². The van der Waals surface area contributed by atoms with E-state index in [1.165, 1.54) is 35.1 Å². The zero-order chi connectivity index (χ0) is 33.8. The second kappa shape index (κ2) is 14.6. The first-order chi connectivity index (χ1) is 22.3. The normalized spacial score (nSPS) is 22.6. The topological polar surface area (TPSA) is 105 Å². The van der Waals surface area contributed by atoms with E-state index in [1.807, 2.05) is 13.0 Å². The fourth-order valence-corrected chi connectivity index (χ4v) is 7.38. The molecule has 7 heteroatoms. The summed E-state index contributed by atoms with van der Waals surface area (Å²) >= 11 is 0. The summed E-state index contributed by atoms with van der Waals surface area (Å²) in [6, 6.07) is 14.2. The molecule has 0 amide bonds. The molecule has 3 N–H and O–H groups in total. The largest absolute Gasteiger partial charge is 0.390 e. The van der Waals surface area contributed by atoms with Gasteiger partial charge >= 0.3 is 0 Å². The molecule has 2 aromatic heterocycles. The number of allylic oxidation sites excluding steroid dienone is 1. The number of rotatable bonds is 8. The van der Waals surface area contributed by atoms with E-state index < -0.39 is 5.60 Å². The highest BCUT2D eigenvalue weighted by Crippen LogP contribution is 2.39. The number of quaternary nitrogens is 1. The van der Waals surface area contributed by atoms with E-state index in [0.29, 0.717) is 18.8 Å². The van der Waals surface area contributed by atoms with Crippen LogP contribution < -0.4 is 10.5 Å². The molecule has 0 bridgehead atoms. The van der Waals surface area contributed by atoms with Crippen molar-refractivity contribution in [3.8, 4) is 11.1 Å². The summed E-state index contributed by atoms with van der Waals surface area (Å²) < 4.78 is 0. The van der Waals surface area contributed by atoms with Crippen molar-refractivity contribution in [3.05, 3.63) is 92.7 Å². The van der Waals surface area contributed by atoms with Gasteiger partial charge in [0.05, 0.1) is 30.9 Å². The highest BCUT2D eigenvalue weighted by Gasteiger charge is 2.33. The quantitative estimate of drug-likeness (QED) is 0.291. The lowest BCUT2D eigenvalue weighted by molar-refractivity contribution is -0.907. The summed E-state index contributed by atoms with van der Waals surface area (Å²) in [5.41, 5.74) is 8.48. The number of aliphatic hydroxyl groups is 1. The first-order valence-electron chi connectivity index (χ1n) is 17.4. The molecule has 1 fully saturated rings. The van der Waals surface area contributed by atoms with Gasteiger partial charge in [-0.15, -0.1) is 0 Å². The van der Waals surface area contributed by atoms with E-state index >= 15 is 0 Å². The molecule has 1 aromatic carbocycles. The fourth-order valence-electron chi connectivity index (χ4n) is 7.38. The number of carbonyl (C=O) groups is 2. The van der Waals surface area contributed by atoms with Gasteiger partial charge in [-0.05, 0) is 96.4 Å². The number of piperidine rings is 1. The molecule has 250 valence electrons. The van der Waals surface area contributed by atoms with Crippen LogP contribution in [0.5, 0.6) is 0 Å². The average molecular weight is 639 g/mol. The maximum Gasteiger partial charge on any atom is 0.247 e. The smallest absolute Gasteiger partial charge is 0.247 e. The molecule has 6 rings (SSSR count). The van der Waals surface area contributed by atoms with Crippen molar-refractivity contribution < 1.29 is 19.6 Å². The van der Waals surface area contributed by atoms with Gasteiger partial charge in [-0.2, -0.15) is 0 Å². The van der Waals surface area contributed by atoms with Crippen LogP contribution in [0.25, 0.3) is 17.2 Å². The van der Waals surface area contributed by atoms with Crippen LogP contribution in [-0.4, -0.2) is 52.4 Å². The zero-order valence-corrected chi connectivity index (χ0v) is 28.8. The fraction of sp³-hybridized carbons (Fsp3) is 0.500. The standard InChI is InChI=1S/C38H47N3O3.C2H4O/c1-37(2,3)32-10-11-33-30(21-32)19-29-20-31(22-34(29)40-33)35(42)23-27(13-16-41-17-14-38(4,44)15-18-41)25-5-7-26(8-6-25)28-9-12-36(43)39-24-28;1-2-3/h5-9,12,19-20,24,27,32,44H,10-11,13-18,21-23H2,1-4H3,(H,39,43);2H,1H3/p+1/t27-,32-;/m0./s1. The summed E-state index contributed by atoms with van der Waals surface area (Å²) in [5.74, 6) is 0.992. The van der Waals surface area contributed by atoms with Crippen LogP contribution in [0, 0.1) is 11.3 Å². The molecule has 1 aliphatic heterocycles. The Kier molecular flexibility index (Phi) is 10.8. The van der Waals surface area contributed by atoms with Crippen LogP contribution in [0.1, 0.15) is 101 Å². The number of aromatic amines is 1. The van der Waals surface area contributed by atoms with Crippen molar-refractivity contribution in [3.63, 3.8) is 0 Å². The number of Topliss-reactive ketones (excluding diaryl/α,β-unsaturated/α-hetero) is 1. The Morgan fingerprint density at radius 2 is 1.79 bits per heavy atom. The third-order valence-corrected chi connectivity index (χ3v) is 10.6. The highest BCUT2D eigenvalue weighted by atomic mass is 16.3. The minimum atomic E-state index is -0.554. The van der Waals surface area contributed by atoms with Crippen LogP contribution in [-0.2, 0) is 28.9 Å². The first kappa shape index (κ1) is 34.6. The minimum absolute atomic E-state index is 0.111. The Hall–Kier alpha value is -3.68. The Bertz CT molecular complexity index is 1630. The third-order valence-electron chi connectivity index (χ3n) is 10.6. The Balaban J connectivity index is 0.00000139. The van der Waals surface area contributed by atoms with E-state index in [4.69, 9.17) is 9.78 Å². The second-order valence-electron chi connectivity index (χ2n) is 15.2. The van der Waals surface area contributed by atoms with E-state index in [1.54, 1.807) is 12.3 Å². The number of pyridine rings is 2. The molecule has 47 heavy (non-hydrogen) atoms. The number of nitrogens with one attached hydrogen (secondary N) is 2. The molecule has 1 saturated heterocycles. The van der Waals surface area contributed by atoms with Gasteiger partial charge in [-0.1, -0.05) is 45.0 Å². The molecule has 3 heterocycles. The van der Waals surface area contributed by atoms with Gasteiger partial charge in [-0.25, -0.2) is 0 Å². The third kappa shape index (κ3) is 8.82. The van der Waals surface area contributed by atoms with Gasteiger partial charge in [0.2, 0.25) is 5.56 Å². The molecule has 0 radical (unpaired) electrons. The molecular formula is C40H52N3O4+. The monoisotopic (exact) mass is 638 g/mol. The van der Waals surface area contributed by atoms with Gasteiger partial charge in [0.1, 0.15) is 6.29 Å². The molecule has 3 aliphatic rings. The number of benzene rings is 1. The number of hydrogen-bond acceptors (Lipinski definition) is 5. The van der Waals surface area contributed by atoms with Crippen molar-refractivity contribution in [1.82, 2.24) is 9.97 Å². The van der Waals surface area contributed by atoms with Crippen molar-refractivity contribution in [2.24, 2.45) is 11.3 Å². The van der Waals surface area contributed by atoms with Crippen molar-refractivity contribution in [2.45, 2.75) is 97.5 Å². The Morgan fingerprint density at radius 1 is 1.11 bits per heavy atom. The number of fused-ring (bicyclic) bond motifs is 2. The Morgan fingerprint density at radius 3 is 2.43 bits per heavy atom. The molecule has 2 atom stereocenters. The number of aryl methyl sites for hydroxylation is 1. The summed E-state index contributed by atoms with van der Waals surface area (Å²) in [6.45, 7) is 13.3. The van der Waals surface area contributed by atoms with E-state index in [9.17, 15) is 14.7 Å². The summed E-state index contributed by atoms with van der Waals surface area (Å²) in [5, 5.41) is 10.4. The van der Waals surface area contributed by atoms with Crippen LogP contribution in [0.15, 0.2) is 59.0 Å². The van der Waals surface area contributed by atoms with E-state index in [0.717, 1.165) is 86.0 Å². The Labute approximate surface area is 279 Å². The lowest BCUT2D eigenvalue weighted by Gasteiger charge is -2.34. The summed E-state index contributed by atoms with van der Waals surface area (Å²) in [6.07, 6.45) is 11.6. The van der Waals surface area contributed by atoms with Gasteiger partial charge in [0.25, 0.3) is 0 Å². The van der Waals surface area contributed by atoms with Crippen LogP contribution in [0.4, 0.5) is 0 Å². The predicted molar refractivity (Wildman–Crippen MR) is 188 cm³/mol. The average Bonchev–Trinajstić information content (AvgIpc) is 3.46. The van der Waals surface area contributed by atoms with Crippen LogP contribution >= 0.6 is 0 Å². The van der Waals surface area contributed by atoms with E-state index in [-0.39, 0.29) is 22.7 Å². The number of ketones is 1. The lowest BCUT2D eigenvalue weighted by atomic mass is 9.71. The molecule has 3 aromatic rings. The maximum absolute atomic E-state index is 13.9. The van der Waals surface area contributed by atoms with Crippen molar-refractivity contribution >= 4 is 18.1 Å². The maximum atomic E-state index is 13.9. The number of hydrogen-bond donors (Lipinski definition) is 3. The molecule has 0 saturated carbocycles. The molecule has 0 spiro atoms. The lowest BCUT2D eigenvalue weighted by Crippen LogP contribution is -3.13. The molecule has 7 nitrogen and oxygen atoms in total. The first-order valence-corrected chi connectivity index (χ1v) is 17.4. The zero-order valence-electron chi connectivity index (χ0n) is 28.8. The number of likely N-dealkylation sites (tertiary alicyclic amines) is 1. The summed E-state index contributed by atoms with van der Waals surface area (Å²) in [4.78, 5) is 43.6. The van der Waals surface area contributed by atoms with Crippen LogP contribution in [0.2, 0.25) is 0 Å².